The van der Waals surface area contributed by atoms with Gasteiger partial charge < -0.3 is 5.32 Å². The molecule has 0 aliphatic carbocycles. The highest BCUT2D eigenvalue weighted by Gasteiger charge is 2.03. The average Bonchev–Trinajstić information content (AvgIpc) is 2.48. The SMILES string of the molecule is O=[N+]([O-])c1ccc(CCNCCc2cccnc2)cc1. The molecule has 0 aliphatic heterocycles. The number of non-ortho nitro benzene ring substituents is 1. The van der Waals surface area contributed by atoms with Gasteiger partial charge in [0.2, 0.25) is 0 Å². The van der Waals surface area contributed by atoms with E-state index in [-0.39, 0.29) is 10.6 Å². The van der Waals surface area contributed by atoms with Crippen LogP contribution in [0.2, 0.25) is 0 Å². The minimum Gasteiger partial charge on any atom is -0.316 e. The first-order valence-electron chi connectivity index (χ1n) is 6.58. The van der Waals surface area contributed by atoms with Gasteiger partial charge in [-0.25, -0.2) is 0 Å². The molecule has 1 heterocycles. The second kappa shape index (κ2) is 7.35. The Morgan fingerprint density at radius 2 is 1.75 bits per heavy atom. The molecular weight excluding hydrogens is 254 g/mol. The highest BCUT2D eigenvalue weighted by Crippen LogP contribution is 2.11. The monoisotopic (exact) mass is 271 g/mol. The number of hydrogen-bond acceptors (Lipinski definition) is 4. The minimum atomic E-state index is -0.379. The number of nitro groups is 1. The van der Waals surface area contributed by atoms with Gasteiger partial charge in [0.15, 0.2) is 0 Å². The Kier molecular flexibility index (Phi) is 5.20. The van der Waals surface area contributed by atoms with Crippen molar-refractivity contribution in [2.75, 3.05) is 13.1 Å². The first-order chi connectivity index (χ1) is 9.75. The van der Waals surface area contributed by atoms with Gasteiger partial charge in [-0.2, -0.15) is 0 Å². The van der Waals surface area contributed by atoms with Crippen LogP contribution in [-0.4, -0.2) is 23.0 Å². The quantitative estimate of drug-likeness (QED) is 0.477. The highest BCUT2D eigenvalue weighted by molar-refractivity contribution is 5.32. The predicted molar refractivity (Wildman–Crippen MR) is 77.6 cm³/mol. The topological polar surface area (TPSA) is 68.1 Å². The highest BCUT2D eigenvalue weighted by atomic mass is 16.6. The number of pyridine rings is 1. The van der Waals surface area contributed by atoms with E-state index in [1.807, 2.05) is 12.3 Å². The lowest BCUT2D eigenvalue weighted by molar-refractivity contribution is -0.384. The van der Waals surface area contributed by atoms with Gasteiger partial charge in [-0.3, -0.25) is 15.1 Å². The van der Waals surface area contributed by atoms with Crippen molar-refractivity contribution in [3.63, 3.8) is 0 Å². The maximum absolute atomic E-state index is 10.5. The van der Waals surface area contributed by atoms with Gasteiger partial charge in [-0.05, 0) is 43.1 Å². The fourth-order valence-corrected chi connectivity index (χ4v) is 1.92. The van der Waals surface area contributed by atoms with Crippen LogP contribution in [0.15, 0.2) is 48.8 Å². The average molecular weight is 271 g/mol. The molecule has 0 saturated heterocycles. The maximum atomic E-state index is 10.5. The first-order valence-corrected chi connectivity index (χ1v) is 6.58. The largest absolute Gasteiger partial charge is 0.316 e. The maximum Gasteiger partial charge on any atom is 0.269 e. The van der Waals surface area contributed by atoms with Crippen LogP contribution in [0, 0.1) is 10.1 Å². The van der Waals surface area contributed by atoms with E-state index in [0.29, 0.717) is 0 Å². The summed E-state index contributed by atoms with van der Waals surface area (Å²) in [5.41, 5.74) is 2.46. The van der Waals surface area contributed by atoms with Crippen LogP contribution >= 0.6 is 0 Å². The summed E-state index contributed by atoms with van der Waals surface area (Å²) < 4.78 is 0. The summed E-state index contributed by atoms with van der Waals surface area (Å²) in [7, 11) is 0. The van der Waals surface area contributed by atoms with Crippen LogP contribution in [0.5, 0.6) is 0 Å². The molecule has 0 bridgehead atoms. The number of nitrogens with one attached hydrogen (secondary N) is 1. The molecule has 0 aliphatic rings. The molecule has 0 unspecified atom stereocenters. The normalized spacial score (nSPS) is 10.4. The van der Waals surface area contributed by atoms with Gasteiger partial charge in [0.25, 0.3) is 5.69 Å². The molecule has 0 amide bonds. The summed E-state index contributed by atoms with van der Waals surface area (Å²) in [6, 6.07) is 10.7. The van der Waals surface area contributed by atoms with Crippen molar-refractivity contribution >= 4 is 5.69 Å². The van der Waals surface area contributed by atoms with Gasteiger partial charge in [0, 0.05) is 24.5 Å². The first kappa shape index (κ1) is 14.1. The number of nitrogens with zero attached hydrogens (tertiary/aromatic N) is 2. The Hall–Kier alpha value is -2.27. The number of hydrogen-bond donors (Lipinski definition) is 1. The second-order valence-electron chi connectivity index (χ2n) is 4.53. The van der Waals surface area contributed by atoms with Crippen molar-refractivity contribution in [3.05, 3.63) is 70.0 Å². The molecule has 1 N–H and O–H groups in total. The molecular formula is C15H17N3O2. The molecule has 5 nitrogen and oxygen atoms in total. The van der Waals surface area contributed by atoms with E-state index in [9.17, 15) is 10.1 Å². The fourth-order valence-electron chi connectivity index (χ4n) is 1.92. The summed E-state index contributed by atoms with van der Waals surface area (Å²) in [5, 5.41) is 13.9. The molecule has 0 saturated carbocycles. The number of benzene rings is 1. The Bertz CT molecular complexity index is 541. The summed E-state index contributed by atoms with van der Waals surface area (Å²) in [6.07, 6.45) is 5.46. The van der Waals surface area contributed by atoms with E-state index in [2.05, 4.69) is 16.4 Å². The third-order valence-corrected chi connectivity index (χ3v) is 3.05. The van der Waals surface area contributed by atoms with Crippen LogP contribution < -0.4 is 5.32 Å². The molecule has 20 heavy (non-hydrogen) atoms. The van der Waals surface area contributed by atoms with Gasteiger partial charge in [-0.1, -0.05) is 18.2 Å². The standard InChI is InChI=1S/C15H17N3O2/c19-18(20)15-5-3-13(4-6-15)7-10-16-11-8-14-2-1-9-17-12-14/h1-6,9,12,16H,7-8,10-11H2. The molecule has 0 fully saturated rings. The zero-order valence-corrected chi connectivity index (χ0v) is 11.2. The Labute approximate surface area is 117 Å². The van der Waals surface area contributed by atoms with E-state index < -0.39 is 0 Å². The minimum absolute atomic E-state index is 0.137. The summed E-state index contributed by atoms with van der Waals surface area (Å²) in [6.45, 7) is 1.76. The van der Waals surface area contributed by atoms with Gasteiger partial charge in [0.1, 0.15) is 0 Å². The summed E-state index contributed by atoms with van der Waals surface area (Å²) in [5.74, 6) is 0. The third-order valence-electron chi connectivity index (χ3n) is 3.05. The zero-order valence-electron chi connectivity index (χ0n) is 11.2. The van der Waals surface area contributed by atoms with E-state index in [4.69, 9.17) is 0 Å². The lowest BCUT2D eigenvalue weighted by Crippen LogP contribution is -2.20. The molecule has 1 aromatic heterocycles. The molecule has 104 valence electrons. The van der Waals surface area contributed by atoms with Crippen LogP contribution in [-0.2, 0) is 12.8 Å². The lowest BCUT2D eigenvalue weighted by atomic mass is 10.1. The molecule has 5 heteroatoms. The van der Waals surface area contributed by atoms with Crippen LogP contribution in [0.25, 0.3) is 0 Å². The third kappa shape index (κ3) is 4.44. The molecule has 0 spiro atoms. The van der Waals surface area contributed by atoms with Crippen molar-refractivity contribution in [2.45, 2.75) is 12.8 Å². The van der Waals surface area contributed by atoms with Gasteiger partial charge >= 0.3 is 0 Å². The predicted octanol–water partition coefficient (Wildman–Crippen LogP) is 2.36. The van der Waals surface area contributed by atoms with Crippen molar-refractivity contribution < 1.29 is 4.92 Å². The van der Waals surface area contributed by atoms with Crippen molar-refractivity contribution in [1.29, 1.82) is 0 Å². The molecule has 2 aromatic rings. The zero-order chi connectivity index (χ0) is 14.2. The summed E-state index contributed by atoms with van der Waals surface area (Å²) >= 11 is 0. The summed E-state index contributed by atoms with van der Waals surface area (Å²) in [4.78, 5) is 14.2. The smallest absolute Gasteiger partial charge is 0.269 e. The van der Waals surface area contributed by atoms with Crippen molar-refractivity contribution in [3.8, 4) is 0 Å². The van der Waals surface area contributed by atoms with E-state index in [1.54, 1.807) is 30.5 Å². The number of rotatable bonds is 7. The second-order valence-corrected chi connectivity index (χ2v) is 4.53. The van der Waals surface area contributed by atoms with E-state index in [0.717, 1.165) is 31.5 Å². The van der Waals surface area contributed by atoms with Crippen molar-refractivity contribution in [2.24, 2.45) is 0 Å². The lowest BCUT2D eigenvalue weighted by Gasteiger charge is -2.05. The van der Waals surface area contributed by atoms with E-state index in [1.165, 1.54) is 5.56 Å². The number of aromatic nitrogens is 1. The van der Waals surface area contributed by atoms with Crippen LogP contribution in [0.1, 0.15) is 11.1 Å². The van der Waals surface area contributed by atoms with Gasteiger partial charge in [-0.15, -0.1) is 0 Å². The van der Waals surface area contributed by atoms with Crippen LogP contribution in [0.4, 0.5) is 5.69 Å². The van der Waals surface area contributed by atoms with E-state index >= 15 is 0 Å². The Morgan fingerprint density at radius 1 is 1.05 bits per heavy atom. The van der Waals surface area contributed by atoms with Crippen LogP contribution in [0.3, 0.4) is 0 Å². The van der Waals surface area contributed by atoms with Crippen molar-refractivity contribution in [1.82, 2.24) is 10.3 Å². The fraction of sp³-hybridized carbons (Fsp3) is 0.267. The molecule has 2 rings (SSSR count). The number of nitro benzene ring substituents is 1. The molecule has 0 radical (unpaired) electrons. The van der Waals surface area contributed by atoms with Gasteiger partial charge in [0.05, 0.1) is 4.92 Å². The molecule has 0 atom stereocenters. The molecule has 1 aromatic carbocycles. The Balaban J connectivity index is 1.67. The Morgan fingerprint density at radius 3 is 2.35 bits per heavy atom.